The van der Waals surface area contributed by atoms with Gasteiger partial charge in [-0.15, -0.1) is 0 Å². The van der Waals surface area contributed by atoms with Gasteiger partial charge in [-0.05, 0) is 49.1 Å². The first-order valence-electron chi connectivity index (χ1n) is 10.4. The maximum absolute atomic E-state index is 13.8. The Labute approximate surface area is 188 Å². The number of piperidine rings is 1. The molecule has 11 heteroatoms. The lowest BCUT2D eigenvalue weighted by molar-refractivity contribution is -0.116. The molecule has 2 aromatic carbocycles. The molecule has 1 saturated heterocycles. The van der Waals surface area contributed by atoms with Crippen molar-refractivity contribution in [2.24, 2.45) is 5.92 Å². The van der Waals surface area contributed by atoms with Crippen LogP contribution in [0.4, 0.5) is 14.5 Å². The number of anilines is 1. The molecule has 1 aliphatic heterocycles. The number of carbonyl (C=O) groups is 1. The number of amides is 1. The molecule has 0 aliphatic carbocycles. The molecule has 1 aromatic heterocycles. The summed E-state index contributed by atoms with van der Waals surface area (Å²) in [5, 5.41) is 2.32. The fourth-order valence-electron chi connectivity index (χ4n) is 3.72. The van der Waals surface area contributed by atoms with Crippen LogP contribution < -0.4 is 10.9 Å². The Morgan fingerprint density at radius 1 is 1.15 bits per heavy atom. The third-order valence-corrected chi connectivity index (χ3v) is 7.59. The highest BCUT2D eigenvalue weighted by molar-refractivity contribution is 7.89. The Kier molecular flexibility index (Phi) is 6.26. The van der Waals surface area contributed by atoms with Gasteiger partial charge in [-0.1, -0.05) is 6.92 Å². The van der Waals surface area contributed by atoms with E-state index in [4.69, 9.17) is 0 Å². The van der Waals surface area contributed by atoms with Crippen LogP contribution >= 0.6 is 0 Å². The van der Waals surface area contributed by atoms with Crippen LogP contribution in [0.5, 0.6) is 0 Å². The molecule has 1 amide bonds. The molecule has 4 rings (SSSR count). The number of carbonyl (C=O) groups excluding carboxylic acids is 1. The Balaban J connectivity index is 1.60. The molecule has 1 aliphatic rings. The van der Waals surface area contributed by atoms with Crippen LogP contribution in [-0.2, 0) is 21.4 Å². The minimum atomic E-state index is -3.77. The summed E-state index contributed by atoms with van der Waals surface area (Å²) < 4.78 is 55.3. The van der Waals surface area contributed by atoms with Crippen LogP contribution in [0.1, 0.15) is 19.8 Å². The van der Waals surface area contributed by atoms with Gasteiger partial charge in [0.25, 0.3) is 5.56 Å². The van der Waals surface area contributed by atoms with Crippen molar-refractivity contribution in [2.45, 2.75) is 31.2 Å². The maximum Gasteiger partial charge on any atom is 0.261 e. The highest BCUT2D eigenvalue weighted by Crippen LogP contribution is 2.24. The lowest BCUT2D eigenvalue weighted by atomic mass is 10.0. The lowest BCUT2D eigenvalue weighted by Gasteiger charge is -2.29. The largest absolute Gasteiger partial charge is 0.322 e. The third-order valence-electron chi connectivity index (χ3n) is 5.70. The van der Waals surface area contributed by atoms with Crippen LogP contribution in [0.25, 0.3) is 10.9 Å². The van der Waals surface area contributed by atoms with Gasteiger partial charge < -0.3 is 5.32 Å². The van der Waals surface area contributed by atoms with Crippen molar-refractivity contribution < 1.29 is 22.0 Å². The van der Waals surface area contributed by atoms with Crippen LogP contribution in [-0.4, -0.2) is 41.3 Å². The summed E-state index contributed by atoms with van der Waals surface area (Å²) in [5.74, 6) is -2.01. The summed E-state index contributed by atoms with van der Waals surface area (Å²) in [7, 11) is -3.77. The molecule has 0 radical (unpaired) electrons. The number of benzene rings is 2. The molecule has 0 unspecified atom stereocenters. The molecule has 33 heavy (non-hydrogen) atoms. The van der Waals surface area contributed by atoms with Gasteiger partial charge in [-0.3, -0.25) is 14.2 Å². The summed E-state index contributed by atoms with van der Waals surface area (Å²) in [6, 6.07) is 6.83. The van der Waals surface area contributed by atoms with Crippen molar-refractivity contribution in [3.8, 4) is 0 Å². The van der Waals surface area contributed by atoms with Gasteiger partial charge in [0.1, 0.15) is 18.2 Å². The molecular formula is C22H22F2N4O4S. The van der Waals surface area contributed by atoms with Crippen LogP contribution in [0.15, 0.2) is 52.4 Å². The number of rotatable bonds is 5. The van der Waals surface area contributed by atoms with E-state index in [0.717, 1.165) is 35.9 Å². The minimum Gasteiger partial charge on any atom is -0.322 e. The van der Waals surface area contributed by atoms with Gasteiger partial charge in [0.05, 0.1) is 27.8 Å². The van der Waals surface area contributed by atoms with Gasteiger partial charge in [0.15, 0.2) is 0 Å². The topological polar surface area (TPSA) is 101 Å². The van der Waals surface area contributed by atoms with E-state index in [0.29, 0.717) is 25.1 Å². The summed E-state index contributed by atoms with van der Waals surface area (Å²) >= 11 is 0. The summed E-state index contributed by atoms with van der Waals surface area (Å²) in [5.41, 5.74) is -0.557. The Morgan fingerprint density at radius 2 is 1.88 bits per heavy atom. The SMILES string of the molecule is CC1CCN(S(=O)(=O)c2ccc3ncn(CC(=O)Nc4ccc(F)cc4F)c(=O)c3c2)CC1. The van der Waals surface area contributed by atoms with Crippen molar-refractivity contribution in [2.75, 3.05) is 18.4 Å². The van der Waals surface area contributed by atoms with Gasteiger partial charge in [0, 0.05) is 19.2 Å². The molecule has 0 spiro atoms. The zero-order valence-electron chi connectivity index (χ0n) is 17.8. The number of sulfonamides is 1. The third kappa shape index (κ3) is 4.79. The van der Waals surface area contributed by atoms with Gasteiger partial charge in [0.2, 0.25) is 15.9 Å². The standard InChI is InChI=1S/C22H22F2N4O4S/c1-14-6-8-28(9-7-14)33(31,32)16-3-5-19-17(11-16)22(30)27(13-25-19)12-21(29)26-20-4-2-15(23)10-18(20)24/h2-5,10-11,13-14H,6-9,12H2,1H3,(H,26,29). The zero-order valence-corrected chi connectivity index (χ0v) is 18.6. The fraction of sp³-hybridized carbons (Fsp3) is 0.318. The van der Waals surface area contributed by atoms with Crippen molar-refractivity contribution in [1.82, 2.24) is 13.9 Å². The average Bonchev–Trinajstić information content (AvgIpc) is 2.78. The number of hydrogen-bond donors (Lipinski definition) is 1. The first-order chi connectivity index (χ1) is 15.6. The Morgan fingerprint density at radius 3 is 2.58 bits per heavy atom. The van der Waals surface area contributed by atoms with Gasteiger partial charge >= 0.3 is 0 Å². The molecular weight excluding hydrogens is 454 g/mol. The first-order valence-corrected chi connectivity index (χ1v) is 11.8. The first kappa shape index (κ1) is 23.0. The Hall–Kier alpha value is -3.18. The second-order valence-corrected chi connectivity index (χ2v) is 10.1. The quantitative estimate of drug-likeness (QED) is 0.610. The highest BCUT2D eigenvalue weighted by Gasteiger charge is 2.28. The molecule has 1 fully saturated rings. The van der Waals surface area contributed by atoms with Crippen molar-refractivity contribution >= 4 is 32.5 Å². The smallest absolute Gasteiger partial charge is 0.261 e. The maximum atomic E-state index is 13.8. The van der Waals surface area contributed by atoms with E-state index in [1.165, 1.54) is 22.5 Å². The molecule has 3 aromatic rings. The number of nitrogens with zero attached hydrogens (tertiary/aromatic N) is 3. The average molecular weight is 477 g/mol. The van der Waals surface area contributed by atoms with Crippen molar-refractivity contribution in [1.29, 1.82) is 0 Å². The van der Waals surface area contributed by atoms with E-state index in [9.17, 15) is 26.8 Å². The summed E-state index contributed by atoms with van der Waals surface area (Å²) in [4.78, 5) is 29.4. The Bertz CT molecular complexity index is 1380. The number of fused-ring (bicyclic) bond motifs is 1. The van der Waals surface area contributed by atoms with Crippen LogP contribution in [0, 0.1) is 17.6 Å². The summed E-state index contributed by atoms with van der Waals surface area (Å²) in [6.07, 6.45) is 2.70. The monoisotopic (exact) mass is 476 g/mol. The second-order valence-electron chi connectivity index (χ2n) is 8.12. The van der Waals surface area contributed by atoms with Crippen LogP contribution in [0.3, 0.4) is 0 Å². The van der Waals surface area contributed by atoms with Crippen molar-refractivity contribution in [3.63, 3.8) is 0 Å². The molecule has 0 atom stereocenters. The van der Waals surface area contributed by atoms with Crippen LogP contribution in [0.2, 0.25) is 0 Å². The van der Waals surface area contributed by atoms with E-state index >= 15 is 0 Å². The van der Waals surface area contributed by atoms with E-state index < -0.39 is 39.7 Å². The van der Waals surface area contributed by atoms with Gasteiger partial charge in [-0.25, -0.2) is 22.2 Å². The number of hydrogen-bond acceptors (Lipinski definition) is 5. The molecule has 174 valence electrons. The molecule has 0 saturated carbocycles. The van der Waals surface area contributed by atoms with E-state index in [1.54, 1.807) is 0 Å². The normalized spacial score (nSPS) is 15.6. The number of halogens is 2. The van der Waals surface area contributed by atoms with E-state index in [1.807, 2.05) is 0 Å². The second kappa shape index (κ2) is 8.99. The fourth-order valence-corrected chi connectivity index (χ4v) is 5.22. The number of nitrogens with one attached hydrogen (secondary N) is 1. The van der Waals surface area contributed by atoms with Crippen molar-refractivity contribution in [3.05, 3.63) is 64.7 Å². The highest BCUT2D eigenvalue weighted by atomic mass is 32.2. The molecule has 1 N–H and O–H groups in total. The zero-order chi connectivity index (χ0) is 23.8. The predicted octanol–water partition coefficient (Wildman–Crippen LogP) is 2.73. The van der Waals surface area contributed by atoms with Gasteiger partial charge in [-0.2, -0.15) is 4.31 Å². The molecule has 2 heterocycles. The molecule has 8 nitrogen and oxygen atoms in total. The lowest BCUT2D eigenvalue weighted by Crippen LogP contribution is -2.38. The minimum absolute atomic E-state index is 0.0148. The molecule has 0 bridgehead atoms. The van der Waals surface area contributed by atoms with E-state index in [-0.39, 0.29) is 21.5 Å². The van der Waals surface area contributed by atoms with E-state index in [2.05, 4.69) is 17.2 Å². The summed E-state index contributed by atoms with van der Waals surface area (Å²) in [6.45, 7) is 2.42. The number of aromatic nitrogens is 2. The predicted molar refractivity (Wildman–Crippen MR) is 118 cm³/mol.